The van der Waals surface area contributed by atoms with E-state index in [4.69, 9.17) is 81.4 Å². The topological polar surface area (TPSA) is 706 Å². The molecule has 6 aliphatic heterocycles. The first-order valence-electron chi connectivity index (χ1n) is 36.1. The van der Waals surface area contributed by atoms with Crippen LogP contribution in [0, 0.1) is 0 Å². The van der Waals surface area contributed by atoms with E-state index in [0.29, 0.717) is 43.7 Å². The van der Waals surface area contributed by atoms with Gasteiger partial charge < -0.3 is 134 Å². The molecule has 6 heterocycles. The maximum atomic E-state index is 14.3. The molecule has 0 saturated carbocycles. The summed E-state index contributed by atoms with van der Waals surface area (Å²) >= 11 is 5.55. The van der Waals surface area contributed by atoms with E-state index < -0.39 is 283 Å². The summed E-state index contributed by atoms with van der Waals surface area (Å²) in [6, 6.07) is -4.10. The quantitative estimate of drug-likeness (QED) is 0.00673. The number of thioether (sulfide) groups is 1. The van der Waals surface area contributed by atoms with E-state index in [1.165, 1.54) is 25.8 Å². The second-order valence-electron chi connectivity index (χ2n) is 26.5. The molecule has 0 aromatic carbocycles. The lowest BCUT2D eigenvalue weighted by atomic mass is 9.94. The predicted molar refractivity (Wildman–Crippen MR) is 373 cm³/mol. The van der Waals surface area contributed by atoms with E-state index in [1.54, 1.807) is 6.92 Å². The van der Waals surface area contributed by atoms with Gasteiger partial charge in [0, 0.05) is 51.5 Å². The molecule has 6 saturated heterocycles. The molecule has 114 heavy (non-hydrogen) atoms. The summed E-state index contributed by atoms with van der Waals surface area (Å²) in [7, 11) is 1.17. The van der Waals surface area contributed by atoms with Gasteiger partial charge in [0.15, 0.2) is 37.2 Å². The fraction of sp³-hybridized carbons (Fsp3) is 0.855. The number of amides is 8. The number of aliphatic hydroxyl groups is 12. The summed E-state index contributed by atoms with van der Waals surface area (Å²) in [5.74, 6) is -8.16. The average Bonchev–Trinajstić information content (AvgIpc) is 0.787. The third-order valence-corrected chi connectivity index (χ3v) is 18.8. The molecule has 6 fully saturated rings. The molecule has 0 spiro atoms. The van der Waals surface area contributed by atoms with E-state index in [0.717, 1.165) is 20.8 Å². The third-order valence-electron chi connectivity index (χ3n) is 17.7. The van der Waals surface area contributed by atoms with Crippen molar-refractivity contribution in [3.63, 3.8) is 0 Å². The van der Waals surface area contributed by atoms with E-state index in [1.807, 2.05) is 10.9 Å². The van der Waals surface area contributed by atoms with Crippen LogP contribution in [0.4, 0.5) is 0 Å². The van der Waals surface area contributed by atoms with Gasteiger partial charge >= 0.3 is 5.97 Å². The van der Waals surface area contributed by atoms with Crippen molar-refractivity contribution in [2.24, 2.45) is 0 Å². The van der Waals surface area contributed by atoms with Crippen LogP contribution in [0.1, 0.15) is 79.6 Å². The Bertz CT molecular complexity index is 3000. The first kappa shape index (κ1) is 97.5. The van der Waals surface area contributed by atoms with Crippen LogP contribution in [0.25, 0.3) is 0 Å². The van der Waals surface area contributed by atoms with Gasteiger partial charge in [0.1, 0.15) is 117 Å². The highest BCUT2D eigenvalue weighted by molar-refractivity contribution is 7.99. The Kier molecular flexibility index (Phi) is 42.1. The Balaban J connectivity index is 1.13. The Hall–Kier alpha value is -5.35. The summed E-state index contributed by atoms with van der Waals surface area (Å²) in [6.07, 6.45) is -52.1. The Morgan fingerprint density at radius 3 is 1.34 bits per heavy atom. The molecule has 24 N–H and O–H groups in total. The lowest BCUT2D eigenvalue weighted by Gasteiger charge is -2.47. The van der Waals surface area contributed by atoms with E-state index >= 15 is 0 Å². The number of thiol groups is 1. The van der Waals surface area contributed by atoms with Crippen LogP contribution in [0.15, 0.2) is 0 Å². The number of rotatable bonds is 44. The van der Waals surface area contributed by atoms with Gasteiger partial charge in [-0.25, -0.2) is 50.4 Å². The van der Waals surface area contributed by atoms with Gasteiger partial charge in [-0.05, 0) is 25.5 Å². The Morgan fingerprint density at radius 2 is 0.895 bits per heavy atom. The highest BCUT2D eigenvalue weighted by Gasteiger charge is 2.57. The van der Waals surface area contributed by atoms with Crippen molar-refractivity contribution in [2.75, 3.05) is 70.6 Å². The Labute approximate surface area is 660 Å². The maximum Gasteiger partial charge on any atom is 0.335 e. The van der Waals surface area contributed by atoms with Crippen molar-refractivity contribution in [1.29, 1.82) is 0 Å². The van der Waals surface area contributed by atoms with Crippen LogP contribution in [0.3, 0.4) is 0 Å². The highest BCUT2D eigenvalue weighted by atomic mass is 32.2. The van der Waals surface area contributed by atoms with Gasteiger partial charge in [0.2, 0.25) is 48.0 Å². The summed E-state index contributed by atoms with van der Waals surface area (Å²) in [5.41, 5.74) is 17.1. The zero-order valence-corrected chi connectivity index (χ0v) is 64.3. The van der Waals surface area contributed by atoms with Crippen molar-refractivity contribution in [1.82, 2.24) is 59.4 Å². The lowest BCUT2D eigenvalue weighted by Crippen LogP contribution is -2.67. The Morgan fingerprint density at radius 1 is 0.474 bits per heavy atom. The van der Waals surface area contributed by atoms with Crippen LogP contribution in [0.2, 0.25) is 0 Å². The predicted octanol–water partition coefficient (Wildman–Crippen LogP) is -12.7. The van der Waals surface area contributed by atoms with Gasteiger partial charge in [-0.3, -0.25) is 65.5 Å². The first-order valence-corrected chi connectivity index (χ1v) is 37.8. The molecule has 0 aliphatic carbocycles. The average molecular weight is 1690 g/mol. The third kappa shape index (κ3) is 29.9. The highest BCUT2D eigenvalue weighted by Crippen LogP contribution is 2.36. The standard InChI is InChI=1S/C62H107N11O39S2/c1-7-37(80)66-68-39(82)19-41(84)71-73-56(93)53-50(104-59-30(65-27(5)79)18-33(36(23-76)102-59)110-112-62-48(91)46(89)51(54(107-62)57(94)95)105-60-28(63-25(3)77)16-31(108-96-6)34(21-74)100-60)45(88)47(90)61(106-53)111-109-32-17-29(64-26(4)78)58(101-35(32)22-75)103-49-44(87)43(86)24(2)99-52(49)55(92)72-70-42(85)20-40(83)69-67-38(81)8-14-114-15-12-98-10-9-97-11-13-113/h24,28-38,40,43-54,58-62,66-67,69,74-76,80-81,83,86-91,113H,7-23H2,1-6H3,(H,63,77)(H,64,78)(H,65,79)(H,68,82)(H,70,85)(H,71,84)(H,72,92)(H,73,93)(H,94,95)/t24?,28?,29?,30-,31-,32-,33-,34-,35?,36-,37?,38?,40?,43?,44+,45?,46+,47?,48?,49+,50+,51+,52?,53?,54?,58-,59-,60-,61?,62?/m0/s1. The molecule has 0 bridgehead atoms. The van der Waals surface area contributed by atoms with Crippen LogP contribution in [-0.2, 0) is 125 Å². The molecule has 16 unspecified atom stereocenters. The summed E-state index contributed by atoms with van der Waals surface area (Å²) in [6.45, 7) is 5.13. The molecule has 6 aliphatic rings. The van der Waals surface area contributed by atoms with Crippen LogP contribution >= 0.6 is 24.4 Å². The molecule has 52 heteroatoms. The number of carboxylic acid groups (broad SMARTS) is 1. The van der Waals surface area contributed by atoms with Gasteiger partial charge in [-0.2, -0.15) is 24.4 Å². The molecule has 656 valence electrons. The van der Waals surface area contributed by atoms with Crippen LogP contribution in [-0.4, -0.2) is 374 Å². The molecule has 6 rings (SSSR count). The number of hydrogen-bond donors (Lipinski definition) is 25. The number of carboxylic acids is 1. The van der Waals surface area contributed by atoms with Crippen molar-refractivity contribution >= 4 is 77.6 Å². The van der Waals surface area contributed by atoms with Gasteiger partial charge in [-0.15, -0.1) is 0 Å². The van der Waals surface area contributed by atoms with Gasteiger partial charge in [0.05, 0.1) is 84.0 Å². The fourth-order valence-corrected chi connectivity index (χ4v) is 12.9. The normalized spacial score (nSPS) is 34.6. The maximum absolute atomic E-state index is 14.3. The van der Waals surface area contributed by atoms with Crippen molar-refractivity contribution in [3.8, 4) is 0 Å². The molecule has 50 nitrogen and oxygen atoms in total. The number of aliphatic hydroxyl groups excluding tert-OH is 12. The molecule has 30 atom stereocenters. The number of ether oxygens (including phenoxy) is 11. The van der Waals surface area contributed by atoms with Crippen molar-refractivity contribution in [3.05, 3.63) is 0 Å². The minimum absolute atomic E-state index is 0.125. The summed E-state index contributed by atoms with van der Waals surface area (Å²) in [4.78, 5) is 149. The smallest absolute Gasteiger partial charge is 0.335 e. The molecule has 0 aromatic rings. The molecule has 0 aromatic heterocycles. The van der Waals surface area contributed by atoms with E-state index in [-0.39, 0.29) is 19.3 Å². The van der Waals surface area contributed by atoms with Crippen molar-refractivity contribution in [2.45, 2.75) is 264 Å². The van der Waals surface area contributed by atoms with Gasteiger partial charge in [-0.1, -0.05) is 6.92 Å². The van der Waals surface area contributed by atoms with Crippen molar-refractivity contribution < 1.29 is 191 Å². The monoisotopic (exact) mass is 1690 g/mol. The van der Waals surface area contributed by atoms with Crippen LogP contribution in [0.5, 0.6) is 0 Å². The number of aliphatic carboxylic acids is 1. The molecule has 0 radical (unpaired) electrons. The van der Waals surface area contributed by atoms with E-state index in [9.17, 15) is 110 Å². The summed E-state index contributed by atoms with van der Waals surface area (Å²) < 4.78 is 63.6. The minimum Gasteiger partial charge on any atom is -0.479 e. The number of nitrogens with one attached hydrogen (secondary N) is 11. The fourth-order valence-electron chi connectivity index (χ4n) is 12.0. The zero-order valence-electron chi connectivity index (χ0n) is 62.6. The van der Waals surface area contributed by atoms with Crippen LogP contribution < -0.4 is 59.4 Å². The van der Waals surface area contributed by atoms with E-state index in [2.05, 4.69) is 61.1 Å². The summed E-state index contributed by atoms with van der Waals surface area (Å²) in [5, 5.41) is 149. The number of hydrazine groups is 4. The number of hydrogen-bond acceptors (Lipinski definition) is 43. The number of carbonyl (C=O) groups excluding carboxylic acids is 8. The van der Waals surface area contributed by atoms with Gasteiger partial charge in [0.25, 0.3) is 11.8 Å². The second kappa shape index (κ2) is 49.3. The second-order valence-corrected chi connectivity index (χ2v) is 28.2. The zero-order chi connectivity index (χ0) is 84.0. The largest absolute Gasteiger partial charge is 0.479 e. The SMILES string of the molecule is CCC(O)NNC(=O)CC(=O)NNC(=O)C1OC(OO[C@H]2CC(NC(C)=O)[C@H](O[C@H]3C(C(=O)NNC(=O)CC(O)NNC(O)CCSCCOCCOCCS)OC(C)C(O)[C@H]3O)OC2CO)C(O)C(O)[C@H]1O[C@@H]1O[C@@H](CO)[C@@H](OOC2OC(C(=O)O)[C@H](O[C@@H]3O[C@@H](CO)[C@@H](OOC)CC3NC(C)=O)[C@H](O)C2O)C[C@@H]1NC(C)=O. The first-order chi connectivity index (χ1) is 54.3. The minimum atomic E-state index is -2.42. The molecular formula is C62H107N11O39S2. The molecule has 8 amide bonds. The lowest BCUT2D eigenvalue weighted by molar-refractivity contribution is -0.460. The molecular weight excluding hydrogens is 1590 g/mol. The number of carbonyl (C=O) groups is 9.